The molecule has 1 fully saturated rings. The predicted molar refractivity (Wildman–Crippen MR) is 59.2 cm³/mol. The molecule has 16 heavy (non-hydrogen) atoms. The van der Waals surface area contributed by atoms with Crippen LogP contribution in [0.2, 0.25) is 0 Å². The van der Waals surface area contributed by atoms with Crippen molar-refractivity contribution >= 4 is 6.09 Å². The molecule has 0 aromatic carbocycles. The van der Waals surface area contributed by atoms with E-state index in [0.717, 1.165) is 0 Å². The van der Waals surface area contributed by atoms with Gasteiger partial charge < -0.3 is 19.5 Å². The third-order valence-corrected chi connectivity index (χ3v) is 2.24. The number of rotatable bonds is 0. The van der Waals surface area contributed by atoms with Crippen LogP contribution in [-0.2, 0) is 9.47 Å². The lowest BCUT2D eigenvalue weighted by Crippen LogP contribution is -2.45. The molecule has 0 saturated carbocycles. The number of aliphatic hydroxyl groups is 1. The molecule has 0 radical (unpaired) electrons. The maximum absolute atomic E-state index is 11.9. The van der Waals surface area contributed by atoms with E-state index in [9.17, 15) is 9.90 Å². The minimum atomic E-state index is -0.641. The summed E-state index contributed by atoms with van der Waals surface area (Å²) in [6.07, 6.45) is -1.04. The van der Waals surface area contributed by atoms with Crippen molar-refractivity contribution < 1.29 is 19.4 Å². The van der Waals surface area contributed by atoms with Gasteiger partial charge >= 0.3 is 6.09 Å². The van der Waals surface area contributed by atoms with Crippen molar-refractivity contribution in [3.05, 3.63) is 0 Å². The molecule has 0 spiro atoms. The number of hydrogen-bond donors (Lipinski definition) is 1. The summed E-state index contributed by atoms with van der Waals surface area (Å²) >= 11 is 0. The Hall–Kier alpha value is -0.810. The molecule has 0 aromatic heterocycles. The summed E-state index contributed by atoms with van der Waals surface area (Å²) in [5.74, 6) is 0. The maximum Gasteiger partial charge on any atom is 0.410 e. The quantitative estimate of drug-likeness (QED) is 0.675. The van der Waals surface area contributed by atoms with Gasteiger partial charge in [-0.2, -0.15) is 0 Å². The molecule has 1 saturated heterocycles. The van der Waals surface area contributed by atoms with Crippen molar-refractivity contribution in [3.8, 4) is 0 Å². The first-order valence-corrected chi connectivity index (χ1v) is 5.55. The second kappa shape index (κ2) is 5.01. The van der Waals surface area contributed by atoms with Gasteiger partial charge in [0, 0.05) is 0 Å². The van der Waals surface area contributed by atoms with Crippen LogP contribution in [0.15, 0.2) is 0 Å². The minimum Gasteiger partial charge on any atom is -0.444 e. The van der Waals surface area contributed by atoms with E-state index >= 15 is 0 Å². The van der Waals surface area contributed by atoms with Crippen molar-refractivity contribution in [1.29, 1.82) is 0 Å². The number of aliphatic hydroxyl groups excluding tert-OH is 1. The summed E-state index contributed by atoms with van der Waals surface area (Å²) in [6, 6.07) is -0.0769. The van der Waals surface area contributed by atoms with Gasteiger partial charge in [0.15, 0.2) is 0 Å². The summed E-state index contributed by atoms with van der Waals surface area (Å²) in [6.45, 7) is 8.29. The van der Waals surface area contributed by atoms with Gasteiger partial charge in [0.1, 0.15) is 5.60 Å². The normalized spacial score (nSPS) is 27.4. The molecule has 94 valence electrons. The number of ether oxygens (including phenoxy) is 2. The summed E-state index contributed by atoms with van der Waals surface area (Å²) in [7, 11) is 0. The number of amides is 1. The fourth-order valence-electron chi connectivity index (χ4n) is 1.50. The van der Waals surface area contributed by atoms with Crippen LogP contribution in [0.5, 0.6) is 0 Å². The Balaban J connectivity index is 2.64. The van der Waals surface area contributed by atoms with Crippen LogP contribution in [0.3, 0.4) is 0 Å². The van der Waals surface area contributed by atoms with Crippen molar-refractivity contribution in [1.82, 2.24) is 4.90 Å². The summed E-state index contributed by atoms with van der Waals surface area (Å²) in [5, 5.41) is 9.55. The van der Waals surface area contributed by atoms with E-state index in [2.05, 4.69) is 0 Å². The van der Waals surface area contributed by atoms with Gasteiger partial charge in [-0.25, -0.2) is 4.79 Å². The molecule has 1 heterocycles. The topological polar surface area (TPSA) is 59.0 Å². The number of carbonyl (C=O) groups is 1. The first-order chi connectivity index (χ1) is 7.29. The number of carbonyl (C=O) groups excluding carboxylic acids is 1. The first-order valence-electron chi connectivity index (χ1n) is 5.55. The van der Waals surface area contributed by atoms with E-state index in [1.807, 2.05) is 27.7 Å². The van der Waals surface area contributed by atoms with E-state index in [-0.39, 0.29) is 19.2 Å². The Morgan fingerprint density at radius 1 is 1.44 bits per heavy atom. The fraction of sp³-hybridized carbons (Fsp3) is 0.909. The van der Waals surface area contributed by atoms with Crippen LogP contribution in [-0.4, -0.2) is 53.6 Å². The maximum atomic E-state index is 11.9. The van der Waals surface area contributed by atoms with Crippen LogP contribution >= 0.6 is 0 Å². The Morgan fingerprint density at radius 3 is 2.62 bits per heavy atom. The van der Waals surface area contributed by atoms with Crippen molar-refractivity contribution in [3.63, 3.8) is 0 Å². The molecule has 0 aliphatic carbocycles. The summed E-state index contributed by atoms with van der Waals surface area (Å²) < 4.78 is 10.5. The first kappa shape index (κ1) is 13.3. The minimum absolute atomic E-state index is 0.0769. The van der Waals surface area contributed by atoms with Gasteiger partial charge in [-0.3, -0.25) is 0 Å². The standard InChI is InChI=1S/C11H21NO4/c1-8-6-15-7-9(13)5-12(8)10(14)16-11(2,3)4/h8-9,13H,5-7H2,1-4H3. The third kappa shape index (κ3) is 3.98. The van der Waals surface area contributed by atoms with Crippen molar-refractivity contribution in [2.75, 3.05) is 19.8 Å². The van der Waals surface area contributed by atoms with Crippen LogP contribution in [0, 0.1) is 0 Å². The SMILES string of the molecule is CC1COCC(O)CN1C(=O)OC(C)(C)C. The van der Waals surface area contributed by atoms with Gasteiger partial charge in [-0.15, -0.1) is 0 Å². The fourth-order valence-corrected chi connectivity index (χ4v) is 1.50. The Morgan fingerprint density at radius 2 is 2.06 bits per heavy atom. The Kier molecular flexibility index (Phi) is 4.15. The van der Waals surface area contributed by atoms with Crippen LogP contribution in [0.1, 0.15) is 27.7 Å². The van der Waals surface area contributed by atoms with E-state index in [1.165, 1.54) is 4.90 Å². The molecule has 2 atom stereocenters. The molecule has 0 bridgehead atoms. The van der Waals surface area contributed by atoms with Gasteiger partial charge in [-0.1, -0.05) is 0 Å². The second-order valence-corrected chi connectivity index (χ2v) is 5.17. The van der Waals surface area contributed by atoms with E-state index in [1.54, 1.807) is 0 Å². The molecular weight excluding hydrogens is 210 g/mol. The predicted octanol–water partition coefficient (Wildman–Crippen LogP) is 1.00. The Labute approximate surface area is 96.3 Å². The van der Waals surface area contributed by atoms with E-state index < -0.39 is 17.8 Å². The lowest BCUT2D eigenvalue weighted by molar-refractivity contribution is 0.0108. The molecule has 5 nitrogen and oxygen atoms in total. The Bertz CT molecular complexity index is 249. The highest BCUT2D eigenvalue weighted by atomic mass is 16.6. The van der Waals surface area contributed by atoms with E-state index in [0.29, 0.717) is 6.61 Å². The van der Waals surface area contributed by atoms with Gasteiger partial charge in [0.25, 0.3) is 0 Å². The highest BCUT2D eigenvalue weighted by Gasteiger charge is 2.30. The van der Waals surface area contributed by atoms with Crippen LogP contribution in [0.25, 0.3) is 0 Å². The summed E-state index contributed by atoms with van der Waals surface area (Å²) in [4.78, 5) is 13.4. The van der Waals surface area contributed by atoms with Crippen LogP contribution in [0.4, 0.5) is 4.79 Å². The highest BCUT2D eigenvalue weighted by molar-refractivity contribution is 5.68. The molecule has 1 aliphatic rings. The smallest absolute Gasteiger partial charge is 0.410 e. The summed E-state index contributed by atoms with van der Waals surface area (Å²) in [5.41, 5.74) is -0.519. The number of nitrogens with zero attached hydrogens (tertiary/aromatic N) is 1. The van der Waals surface area contributed by atoms with Gasteiger partial charge in [0.2, 0.25) is 0 Å². The van der Waals surface area contributed by atoms with Gasteiger partial charge in [-0.05, 0) is 27.7 Å². The number of hydrogen-bond acceptors (Lipinski definition) is 4. The third-order valence-electron chi connectivity index (χ3n) is 2.24. The van der Waals surface area contributed by atoms with Gasteiger partial charge in [0.05, 0.1) is 31.9 Å². The molecule has 5 heteroatoms. The lowest BCUT2D eigenvalue weighted by atomic mass is 10.2. The molecule has 1 amide bonds. The molecule has 1 aliphatic heterocycles. The average Bonchev–Trinajstić information content (AvgIpc) is 2.25. The molecule has 0 aromatic rings. The monoisotopic (exact) mass is 231 g/mol. The van der Waals surface area contributed by atoms with Crippen LogP contribution < -0.4 is 0 Å². The zero-order valence-corrected chi connectivity index (χ0v) is 10.4. The number of β-amino-alcohol motifs (C(OH)–C–C–N with tert-alkyl or cyclic N) is 1. The second-order valence-electron chi connectivity index (χ2n) is 5.17. The van der Waals surface area contributed by atoms with E-state index in [4.69, 9.17) is 9.47 Å². The zero-order chi connectivity index (χ0) is 12.3. The molecule has 2 unspecified atom stereocenters. The van der Waals surface area contributed by atoms with Crippen molar-refractivity contribution in [2.24, 2.45) is 0 Å². The van der Waals surface area contributed by atoms with Crippen molar-refractivity contribution in [2.45, 2.75) is 45.4 Å². The highest BCUT2D eigenvalue weighted by Crippen LogP contribution is 2.14. The molecule has 1 N–H and O–H groups in total. The lowest BCUT2D eigenvalue weighted by Gasteiger charge is -2.30. The largest absolute Gasteiger partial charge is 0.444 e. The zero-order valence-electron chi connectivity index (χ0n) is 10.4. The molecule has 1 rings (SSSR count). The molecular formula is C11H21NO4. The average molecular weight is 231 g/mol.